The first-order chi connectivity index (χ1) is 9.19. The van der Waals surface area contributed by atoms with Gasteiger partial charge >= 0.3 is 0 Å². The average molecular weight is 302 g/mol. The van der Waals surface area contributed by atoms with E-state index in [0.717, 1.165) is 24.3 Å². The largest absolute Gasteiger partial charge is 0.337 e. The Kier molecular flexibility index (Phi) is 5.52. The number of hydrogen-bond acceptors (Lipinski definition) is 2. The third-order valence-electron chi connectivity index (χ3n) is 3.26. The van der Waals surface area contributed by atoms with Gasteiger partial charge in [-0.2, -0.15) is 11.8 Å². The molecule has 0 aliphatic carbocycles. The molecular weight excluding hydrogens is 285 g/mol. The molecule has 1 saturated heterocycles. The number of alkyl halides is 1. The number of amides is 1. The minimum Gasteiger partial charge on any atom is -0.337 e. The van der Waals surface area contributed by atoms with E-state index in [0.29, 0.717) is 12.5 Å². The van der Waals surface area contributed by atoms with Crippen molar-refractivity contribution in [3.63, 3.8) is 0 Å². The van der Waals surface area contributed by atoms with Crippen LogP contribution in [-0.2, 0) is 11.3 Å². The van der Waals surface area contributed by atoms with Gasteiger partial charge in [-0.15, -0.1) is 11.6 Å². The van der Waals surface area contributed by atoms with Crippen molar-refractivity contribution in [2.75, 3.05) is 23.9 Å². The van der Waals surface area contributed by atoms with Crippen LogP contribution in [0.2, 0.25) is 0 Å². The number of halogens is 2. The smallest absolute Gasteiger partial charge is 0.237 e. The molecule has 0 N–H and O–H groups in total. The number of carbonyl (C=O) groups is 1. The van der Waals surface area contributed by atoms with Crippen LogP contribution in [0.5, 0.6) is 0 Å². The van der Waals surface area contributed by atoms with Gasteiger partial charge in [-0.05, 0) is 41.5 Å². The van der Waals surface area contributed by atoms with Gasteiger partial charge in [-0.3, -0.25) is 4.79 Å². The molecule has 0 spiro atoms. The van der Waals surface area contributed by atoms with Gasteiger partial charge in [0.25, 0.3) is 0 Å². The molecule has 19 heavy (non-hydrogen) atoms. The van der Waals surface area contributed by atoms with Crippen LogP contribution in [0.15, 0.2) is 24.3 Å². The van der Waals surface area contributed by atoms with E-state index >= 15 is 0 Å². The average Bonchev–Trinajstić information content (AvgIpc) is 2.92. The van der Waals surface area contributed by atoms with E-state index in [2.05, 4.69) is 0 Å². The summed E-state index contributed by atoms with van der Waals surface area (Å²) in [6.07, 6.45) is 1.15. The van der Waals surface area contributed by atoms with Crippen molar-refractivity contribution in [3.05, 3.63) is 35.6 Å². The Bertz CT molecular complexity index is 420. The molecular formula is C14H17ClFNOS. The highest BCUT2D eigenvalue weighted by molar-refractivity contribution is 7.99. The second-order valence-electron chi connectivity index (χ2n) is 4.76. The summed E-state index contributed by atoms with van der Waals surface area (Å²) in [6.45, 7) is 1.25. The summed E-state index contributed by atoms with van der Waals surface area (Å²) in [5.74, 6) is 2.52. The van der Waals surface area contributed by atoms with E-state index in [1.165, 1.54) is 17.9 Å². The maximum Gasteiger partial charge on any atom is 0.237 e. The quantitative estimate of drug-likeness (QED) is 0.779. The Morgan fingerprint density at radius 3 is 2.74 bits per heavy atom. The highest BCUT2D eigenvalue weighted by atomic mass is 35.5. The SMILES string of the molecule is O=C(CCl)N(Cc1ccc(F)cc1)CC1CCSC1. The number of nitrogens with zero attached hydrogens (tertiary/aromatic N) is 1. The Balaban J connectivity index is 2.00. The summed E-state index contributed by atoms with van der Waals surface area (Å²) in [7, 11) is 0. The van der Waals surface area contributed by atoms with Gasteiger partial charge in [0.15, 0.2) is 0 Å². The standard InChI is InChI=1S/C14H17ClFNOS/c15-7-14(18)17(9-12-5-6-19-10-12)8-11-1-3-13(16)4-2-11/h1-4,12H,5-10H2. The van der Waals surface area contributed by atoms with Crippen LogP contribution >= 0.6 is 23.4 Å². The van der Waals surface area contributed by atoms with Crippen LogP contribution in [0.1, 0.15) is 12.0 Å². The highest BCUT2D eigenvalue weighted by Crippen LogP contribution is 2.24. The summed E-state index contributed by atoms with van der Waals surface area (Å²) < 4.78 is 12.9. The lowest BCUT2D eigenvalue weighted by Gasteiger charge is -2.25. The molecule has 1 aliphatic rings. The maximum absolute atomic E-state index is 12.9. The van der Waals surface area contributed by atoms with E-state index in [1.807, 2.05) is 11.8 Å². The zero-order valence-electron chi connectivity index (χ0n) is 10.6. The van der Waals surface area contributed by atoms with Crippen molar-refractivity contribution in [1.82, 2.24) is 4.90 Å². The molecule has 2 nitrogen and oxygen atoms in total. The predicted octanol–water partition coefficient (Wildman–Crippen LogP) is 3.15. The van der Waals surface area contributed by atoms with Crippen LogP contribution in [0, 0.1) is 11.7 Å². The van der Waals surface area contributed by atoms with Gasteiger partial charge in [-0.25, -0.2) is 4.39 Å². The molecule has 0 bridgehead atoms. The minimum atomic E-state index is -0.258. The third kappa shape index (κ3) is 4.39. The number of carbonyl (C=O) groups excluding carboxylic acids is 1. The van der Waals surface area contributed by atoms with Crippen LogP contribution in [-0.4, -0.2) is 34.7 Å². The molecule has 1 atom stereocenters. The normalized spacial score (nSPS) is 18.5. The van der Waals surface area contributed by atoms with E-state index in [4.69, 9.17) is 11.6 Å². The second-order valence-corrected chi connectivity index (χ2v) is 6.18. The Morgan fingerprint density at radius 1 is 1.42 bits per heavy atom. The fourth-order valence-electron chi connectivity index (χ4n) is 2.19. The lowest BCUT2D eigenvalue weighted by atomic mass is 10.1. The lowest BCUT2D eigenvalue weighted by molar-refractivity contribution is -0.129. The van der Waals surface area contributed by atoms with Crippen LogP contribution in [0.3, 0.4) is 0 Å². The van der Waals surface area contributed by atoms with E-state index in [9.17, 15) is 9.18 Å². The number of benzene rings is 1. The second kappa shape index (κ2) is 7.15. The molecule has 104 valence electrons. The Hall–Kier alpha value is -0.740. The van der Waals surface area contributed by atoms with Gasteiger partial charge in [0, 0.05) is 13.1 Å². The topological polar surface area (TPSA) is 20.3 Å². The molecule has 0 radical (unpaired) electrons. The predicted molar refractivity (Wildman–Crippen MR) is 78.0 cm³/mol. The molecule has 5 heteroatoms. The van der Waals surface area contributed by atoms with Gasteiger partial charge in [0.2, 0.25) is 5.91 Å². The van der Waals surface area contributed by atoms with Crippen molar-refractivity contribution in [2.45, 2.75) is 13.0 Å². The lowest BCUT2D eigenvalue weighted by Crippen LogP contribution is -2.35. The molecule has 0 aromatic heterocycles. The van der Waals surface area contributed by atoms with Gasteiger partial charge < -0.3 is 4.90 Å². The first-order valence-corrected chi connectivity index (χ1v) is 8.04. The summed E-state index contributed by atoms with van der Waals surface area (Å²) in [5.41, 5.74) is 0.936. The molecule has 1 aliphatic heterocycles. The molecule has 2 rings (SSSR count). The monoisotopic (exact) mass is 301 g/mol. The van der Waals surface area contributed by atoms with Crippen LogP contribution in [0.4, 0.5) is 4.39 Å². The zero-order valence-corrected chi connectivity index (χ0v) is 12.2. The van der Waals surface area contributed by atoms with Crippen molar-refractivity contribution in [3.8, 4) is 0 Å². The van der Waals surface area contributed by atoms with E-state index < -0.39 is 0 Å². The van der Waals surface area contributed by atoms with Crippen molar-refractivity contribution >= 4 is 29.3 Å². The van der Waals surface area contributed by atoms with Crippen molar-refractivity contribution < 1.29 is 9.18 Å². The van der Waals surface area contributed by atoms with E-state index in [-0.39, 0.29) is 17.6 Å². The van der Waals surface area contributed by atoms with Crippen molar-refractivity contribution in [1.29, 1.82) is 0 Å². The summed E-state index contributed by atoms with van der Waals surface area (Å²) >= 11 is 7.60. The van der Waals surface area contributed by atoms with Crippen molar-refractivity contribution in [2.24, 2.45) is 5.92 Å². The Morgan fingerprint density at radius 2 is 2.16 bits per heavy atom. The first-order valence-electron chi connectivity index (χ1n) is 6.35. The van der Waals surface area contributed by atoms with Crippen LogP contribution in [0.25, 0.3) is 0 Å². The summed E-state index contributed by atoms with van der Waals surface area (Å²) in [6, 6.07) is 6.27. The summed E-state index contributed by atoms with van der Waals surface area (Å²) in [4.78, 5) is 13.7. The molecule has 1 aromatic rings. The number of thioether (sulfide) groups is 1. The van der Waals surface area contributed by atoms with E-state index in [1.54, 1.807) is 17.0 Å². The molecule has 1 amide bonds. The number of rotatable bonds is 5. The first kappa shape index (κ1) is 14.7. The van der Waals surface area contributed by atoms with Gasteiger partial charge in [0.05, 0.1) is 0 Å². The zero-order chi connectivity index (χ0) is 13.7. The van der Waals surface area contributed by atoms with Gasteiger partial charge in [0.1, 0.15) is 11.7 Å². The maximum atomic E-state index is 12.9. The Labute approximate surface area is 122 Å². The molecule has 1 aromatic carbocycles. The summed E-state index contributed by atoms with van der Waals surface area (Å²) in [5, 5.41) is 0. The fourth-order valence-corrected chi connectivity index (χ4v) is 3.63. The fraction of sp³-hybridized carbons (Fsp3) is 0.500. The highest BCUT2D eigenvalue weighted by Gasteiger charge is 2.21. The molecule has 0 saturated carbocycles. The van der Waals surface area contributed by atoms with Crippen LogP contribution < -0.4 is 0 Å². The third-order valence-corrected chi connectivity index (χ3v) is 4.72. The molecule has 1 heterocycles. The molecule has 1 fully saturated rings. The van der Waals surface area contributed by atoms with Gasteiger partial charge in [-0.1, -0.05) is 12.1 Å². The molecule has 1 unspecified atom stereocenters. The minimum absolute atomic E-state index is 0.00105. The number of hydrogen-bond donors (Lipinski definition) is 0.